The number of Topliss-reactive ketones (excluding diaryl/α,β-unsaturated/α-hetero) is 1. The van der Waals surface area contributed by atoms with E-state index in [9.17, 15) is 14.4 Å². The van der Waals surface area contributed by atoms with Crippen LogP contribution in [0, 0.1) is 0 Å². The lowest BCUT2D eigenvalue weighted by Crippen LogP contribution is -2.55. The molecular weight excluding hydrogens is 508 g/mol. The van der Waals surface area contributed by atoms with E-state index in [2.05, 4.69) is 15.6 Å². The minimum Gasteiger partial charge on any atom is -0.344 e. The number of fused-ring (bicyclic) bond motifs is 1. The highest BCUT2D eigenvalue weighted by atomic mass is 32.1. The van der Waals surface area contributed by atoms with E-state index in [-0.39, 0.29) is 17.6 Å². The maximum Gasteiger partial charge on any atom is 0.243 e. The number of thiazole rings is 1. The molecule has 200 valence electrons. The summed E-state index contributed by atoms with van der Waals surface area (Å²) in [6, 6.07) is 25.2. The van der Waals surface area contributed by atoms with Gasteiger partial charge in [-0.3, -0.25) is 14.4 Å². The van der Waals surface area contributed by atoms with Crippen molar-refractivity contribution in [3.8, 4) is 0 Å². The molecule has 0 saturated carbocycles. The van der Waals surface area contributed by atoms with Crippen LogP contribution in [0.25, 0.3) is 10.2 Å². The first kappa shape index (κ1) is 26.7. The number of amides is 2. The summed E-state index contributed by atoms with van der Waals surface area (Å²) < 4.78 is 0.926. The number of carbonyl (C=O) groups is 3. The van der Waals surface area contributed by atoms with Crippen molar-refractivity contribution >= 4 is 39.2 Å². The molecule has 1 aliphatic heterocycles. The van der Waals surface area contributed by atoms with Gasteiger partial charge in [0.15, 0.2) is 5.01 Å². The van der Waals surface area contributed by atoms with Gasteiger partial charge in [-0.1, -0.05) is 72.8 Å². The molecule has 1 aliphatic rings. The second kappa shape index (κ2) is 12.3. The Morgan fingerprint density at radius 2 is 1.51 bits per heavy atom. The molecule has 0 radical (unpaired) electrons. The van der Waals surface area contributed by atoms with Crippen LogP contribution in [-0.4, -0.2) is 59.2 Å². The van der Waals surface area contributed by atoms with Crippen LogP contribution in [0.3, 0.4) is 0 Å². The van der Waals surface area contributed by atoms with E-state index in [0.29, 0.717) is 30.8 Å². The molecule has 5 rings (SSSR count). The molecule has 7 nitrogen and oxygen atoms in total. The lowest BCUT2D eigenvalue weighted by atomic mass is 10.0. The molecule has 1 aromatic heterocycles. The molecule has 4 aromatic rings. The Kier molecular flexibility index (Phi) is 8.44. The van der Waals surface area contributed by atoms with Crippen molar-refractivity contribution < 1.29 is 14.4 Å². The minimum absolute atomic E-state index is 0.101. The number of para-hydroxylation sites is 1. The van der Waals surface area contributed by atoms with Crippen LogP contribution < -0.4 is 10.6 Å². The molecule has 2 N–H and O–H groups in total. The Hall–Kier alpha value is -3.88. The van der Waals surface area contributed by atoms with Crippen LogP contribution in [0.4, 0.5) is 0 Å². The third kappa shape index (κ3) is 6.24. The summed E-state index contributed by atoms with van der Waals surface area (Å²) in [6.45, 7) is 0.513. The maximum atomic E-state index is 13.7. The fourth-order valence-electron chi connectivity index (χ4n) is 5.12. The van der Waals surface area contributed by atoms with Crippen molar-refractivity contribution in [3.05, 3.63) is 101 Å². The van der Waals surface area contributed by atoms with Crippen molar-refractivity contribution in [2.24, 2.45) is 0 Å². The van der Waals surface area contributed by atoms with E-state index in [1.165, 1.54) is 11.3 Å². The van der Waals surface area contributed by atoms with Crippen molar-refractivity contribution in [1.29, 1.82) is 0 Å². The molecule has 8 heteroatoms. The zero-order valence-corrected chi connectivity index (χ0v) is 22.7. The summed E-state index contributed by atoms with van der Waals surface area (Å²) in [5.74, 6) is -0.622. The lowest BCUT2D eigenvalue weighted by molar-refractivity contribution is -0.140. The molecule has 2 amide bonds. The van der Waals surface area contributed by atoms with Crippen molar-refractivity contribution in [2.45, 2.75) is 43.8 Å². The summed E-state index contributed by atoms with van der Waals surface area (Å²) >= 11 is 1.33. The average molecular weight is 541 g/mol. The fourth-order valence-corrected chi connectivity index (χ4v) is 6.08. The molecule has 0 bridgehead atoms. The topological polar surface area (TPSA) is 91.4 Å². The smallest absolute Gasteiger partial charge is 0.243 e. The predicted molar refractivity (Wildman–Crippen MR) is 154 cm³/mol. The first-order valence-corrected chi connectivity index (χ1v) is 14.1. The highest BCUT2D eigenvalue weighted by molar-refractivity contribution is 7.20. The van der Waals surface area contributed by atoms with E-state index in [0.717, 1.165) is 27.8 Å². The van der Waals surface area contributed by atoms with E-state index >= 15 is 0 Å². The zero-order chi connectivity index (χ0) is 27.2. The average Bonchev–Trinajstić information content (AvgIpc) is 3.64. The van der Waals surface area contributed by atoms with E-state index in [1.54, 1.807) is 11.9 Å². The second-order valence-electron chi connectivity index (χ2n) is 9.82. The number of carbonyl (C=O) groups excluding carboxylic acids is 3. The first-order valence-electron chi connectivity index (χ1n) is 13.3. The van der Waals surface area contributed by atoms with Gasteiger partial charge in [-0.15, -0.1) is 11.3 Å². The molecule has 3 atom stereocenters. The number of ketones is 1. The van der Waals surface area contributed by atoms with Crippen LogP contribution in [0.1, 0.15) is 33.8 Å². The Labute approximate surface area is 232 Å². The van der Waals surface area contributed by atoms with Crippen molar-refractivity contribution in [2.75, 3.05) is 13.6 Å². The van der Waals surface area contributed by atoms with Crippen LogP contribution in [-0.2, 0) is 22.4 Å². The van der Waals surface area contributed by atoms with Crippen LogP contribution in [0.5, 0.6) is 0 Å². The molecule has 3 aromatic carbocycles. The largest absolute Gasteiger partial charge is 0.344 e. The highest BCUT2D eigenvalue weighted by Crippen LogP contribution is 2.24. The van der Waals surface area contributed by atoms with Gasteiger partial charge >= 0.3 is 0 Å². The molecule has 1 fully saturated rings. The van der Waals surface area contributed by atoms with E-state index in [1.807, 2.05) is 84.9 Å². The third-order valence-electron chi connectivity index (χ3n) is 7.19. The summed E-state index contributed by atoms with van der Waals surface area (Å²) in [6.07, 6.45) is 2.18. The van der Waals surface area contributed by atoms with Gasteiger partial charge in [0, 0.05) is 13.0 Å². The van der Waals surface area contributed by atoms with Crippen molar-refractivity contribution in [3.63, 3.8) is 0 Å². The summed E-state index contributed by atoms with van der Waals surface area (Å²) in [5.41, 5.74) is 2.75. The molecule has 0 spiro atoms. The normalized spacial score (nSPS) is 16.6. The van der Waals surface area contributed by atoms with Gasteiger partial charge in [-0.2, -0.15) is 0 Å². The third-order valence-corrected chi connectivity index (χ3v) is 8.24. The fraction of sp³-hybridized carbons (Fsp3) is 0.290. The number of nitrogens with one attached hydrogen (secondary N) is 2. The standard InChI is InChI=1S/C31H32N4O3S/c1-32-25(20-22-13-6-3-7-14-22)31(38)35-18-10-16-26(35)29(37)33-24(19-21-11-4-2-5-12-21)28(36)30-34-23-15-8-9-17-27(23)39-30/h2-9,11-15,17,24-26,32H,10,16,18-20H2,1H3,(H,33,37)/t24?,25-,26+/m1/s1. The van der Waals surface area contributed by atoms with Crippen molar-refractivity contribution in [1.82, 2.24) is 20.5 Å². The first-order chi connectivity index (χ1) is 19.0. The molecule has 1 saturated heterocycles. The van der Waals surface area contributed by atoms with Gasteiger partial charge in [0.1, 0.15) is 6.04 Å². The molecule has 39 heavy (non-hydrogen) atoms. The van der Waals surface area contributed by atoms with Crippen LogP contribution in [0.2, 0.25) is 0 Å². The summed E-state index contributed by atoms with van der Waals surface area (Å²) in [4.78, 5) is 47.1. The number of aromatic nitrogens is 1. The monoisotopic (exact) mass is 540 g/mol. The van der Waals surface area contributed by atoms with Gasteiger partial charge in [0.05, 0.1) is 22.3 Å². The quantitative estimate of drug-likeness (QED) is 0.297. The maximum absolute atomic E-state index is 13.7. The summed E-state index contributed by atoms with van der Waals surface area (Å²) in [7, 11) is 1.77. The molecule has 1 unspecified atom stereocenters. The SMILES string of the molecule is CN[C@H](Cc1ccccc1)C(=O)N1CCC[C@H]1C(=O)NC(Cc1ccccc1)C(=O)c1nc2ccccc2s1. The summed E-state index contributed by atoms with van der Waals surface area (Å²) in [5, 5.41) is 6.50. The van der Waals surface area contributed by atoms with E-state index in [4.69, 9.17) is 0 Å². The predicted octanol–water partition coefficient (Wildman–Crippen LogP) is 4.03. The Bertz CT molecular complexity index is 1410. The number of hydrogen-bond acceptors (Lipinski definition) is 6. The van der Waals surface area contributed by atoms with Gasteiger partial charge < -0.3 is 15.5 Å². The lowest BCUT2D eigenvalue weighted by Gasteiger charge is -2.29. The Balaban J connectivity index is 1.34. The highest BCUT2D eigenvalue weighted by Gasteiger charge is 2.38. The minimum atomic E-state index is -0.789. The van der Waals surface area contributed by atoms with Gasteiger partial charge in [0.25, 0.3) is 0 Å². The molecular formula is C31H32N4O3S. The van der Waals surface area contributed by atoms with Crippen LogP contribution >= 0.6 is 11.3 Å². The number of likely N-dealkylation sites (N-methyl/N-ethyl adjacent to an activating group) is 1. The van der Waals surface area contributed by atoms with Gasteiger partial charge in [-0.25, -0.2) is 4.98 Å². The number of nitrogens with zero attached hydrogens (tertiary/aromatic N) is 2. The molecule has 0 aliphatic carbocycles. The van der Waals surface area contributed by atoms with Gasteiger partial charge in [-0.05, 0) is 49.6 Å². The zero-order valence-electron chi connectivity index (χ0n) is 21.9. The Morgan fingerprint density at radius 1 is 0.897 bits per heavy atom. The van der Waals surface area contributed by atoms with Gasteiger partial charge in [0.2, 0.25) is 17.6 Å². The number of benzene rings is 3. The number of hydrogen-bond donors (Lipinski definition) is 2. The second-order valence-corrected chi connectivity index (χ2v) is 10.9. The molecule has 2 heterocycles. The number of rotatable bonds is 10. The number of likely N-dealkylation sites (tertiary alicyclic amines) is 1. The Morgan fingerprint density at radius 3 is 2.15 bits per heavy atom. The van der Waals surface area contributed by atoms with Crippen LogP contribution in [0.15, 0.2) is 84.9 Å². The van der Waals surface area contributed by atoms with E-state index < -0.39 is 18.1 Å².